The van der Waals surface area contributed by atoms with Crippen molar-refractivity contribution in [1.29, 1.82) is 0 Å². The number of benzene rings is 1. The minimum atomic E-state index is 0.619. The van der Waals surface area contributed by atoms with E-state index in [4.69, 9.17) is 5.73 Å². The second-order valence-corrected chi connectivity index (χ2v) is 6.05. The molecule has 0 aliphatic carbocycles. The topological polar surface area (TPSA) is 38.9 Å². The Kier molecular flexibility index (Phi) is 2.89. The van der Waals surface area contributed by atoms with Crippen molar-refractivity contribution < 1.29 is 0 Å². The van der Waals surface area contributed by atoms with Crippen LogP contribution in [-0.2, 0) is 0 Å². The SMILES string of the molecule is Cc1ccc(-c2nc(N)sc2-c2cccs2)cc1. The molecule has 0 unspecified atom stereocenters. The number of thiazole rings is 1. The highest BCUT2D eigenvalue weighted by molar-refractivity contribution is 7.23. The molecular weight excluding hydrogens is 260 g/mol. The summed E-state index contributed by atoms with van der Waals surface area (Å²) in [5.74, 6) is 0. The highest BCUT2D eigenvalue weighted by atomic mass is 32.1. The largest absolute Gasteiger partial charge is 0.375 e. The molecular formula is C14H12N2S2. The predicted octanol–water partition coefficient (Wildman–Crippen LogP) is 4.43. The van der Waals surface area contributed by atoms with Crippen LogP contribution in [0.4, 0.5) is 5.13 Å². The van der Waals surface area contributed by atoms with Gasteiger partial charge >= 0.3 is 0 Å². The first-order valence-corrected chi connectivity index (χ1v) is 7.31. The van der Waals surface area contributed by atoms with E-state index in [9.17, 15) is 0 Å². The summed E-state index contributed by atoms with van der Waals surface area (Å²) in [5, 5.41) is 2.69. The van der Waals surface area contributed by atoms with Crippen LogP contribution in [0.2, 0.25) is 0 Å². The molecule has 0 fully saturated rings. The Morgan fingerprint density at radius 3 is 2.56 bits per heavy atom. The van der Waals surface area contributed by atoms with Crippen molar-refractivity contribution in [3.8, 4) is 21.0 Å². The molecule has 2 aromatic heterocycles. The number of nitrogen functional groups attached to an aromatic ring is 1. The Labute approximate surface area is 114 Å². The number of aromatic nitrogens is 1. The van der Waals surface area contributed by atoms with Crippen molar-refractivity contribution in [2.45, 2.75) is 6.92 Å². The molecule has 1 aromatic carbocycles. The van der Waals surface area contributed by atoms with Crippen LogP contribution in [0.15, 0.2) is 41.8 Å². The maximum absolute atomic E-state index is 5.86. The van der Waals surface area contributed by atoms with Crippen LogP contribution < -0.4 is 5.73 Å². The summed E-state index contributed by atoms with van der Waals surface area (Å²) in [7, 11) is 0. The summed E-state index contributed by atoms with van der Waals surface area (Å²) >= 11 is 3.26. The van der Waals surface area contributed by atoms with Crippen molar-refractivity contribution in [2.24, 2.45) is 0 Å². The van der Waals surface area contributed by atoms with Crippen molar-refractivity contribution in [2.75, 3.05) is 5.73 Å². The first-order valence-electron chi connectivity index (χ1n) is 5.61. The van der Waals surface area contributed by atoms with Gasteiger partial charge in [0.15, 0.2) is 5.13 Å². The number of rotatable bonds is 2. The van der Waals surface area contributed by atoms with E-state index in [1.807, 2.05) is 0 Å². The highest BCUT2D eigenvalue weighted by Gasteiger charge is 2.14. The third-order valence-electron chi connectivity index (χ3n) is 2.71. The molecule has 0 aliphatic heterocycles. The second kappa shape index (κ2) is 4.55. The Morgan fingerprint density at radius 2 is 1.89 bits per heavy atom. The van der Waals surface area contributed by atoms with Crippen LogP contribution in [-0.4, -0.2) is 4.98 Å². The fourth-order valence-electron chi connectivity index (χ4n) is 1.82. The minimum absolute atomic E-state index is 0.619. The molecule has 0 radical (unpaired) electrons. The molecule has 90 valence electrons. The zero-order chi connectivity index (χ0) is 12.5. The number of nitrogens with two attached hydrogens (primary N) is 1. The van der Waals surface area contributed by atoms with Crippen molar-refractivity contribution in [3.63, 3.8) is 0 Å². The lowest BCUT2D eigenvalue weighted by Gasteiger charge is -2.01. The third kappa shape index (κ3) is 2.05. The first kappa shape index (κ1) is 11.4. The summed E-state index contributed by atoms with van der Waals surface area (Å²) < 4.78 is 0. The molecule has 0 spiro atoms. The number of hydrogen-bond acceptors (Lipinski definition) is 4. The molecule has 0 aliphatic rings. The van der Waals surface area contributed by atoms with Crippen LogP contribution in [0.5, 0.6) is 0 Å². The van der Waals surface area contributed by atoms with Crippen molar-refractivity contribution in [3.05, 3.63) is 47.3 Å². The smallest absolute Gasteiger partial charge is 0.181 e. The molecule has 2 N–H and O–H groups in total. The molecule has 3 aromatic rings. The molecule has 18 heavy (non-hydrogen) atoms. The molecule has 0 saturated heterocycles. The third-order valence-corrected chi connectivity index (χ3v) is 4.65. The average Bonchev–Trinajstić information content (AvgIpc) is 2.98. The molecule has 0 atom stereocenters. The van der Waals surface area contributed by atoms with Gasteiger partial charge in [0.2, 0.25) is 0 Å². The highest BCUT2D eigenvalue weighted by Crippen LogP contribution is 2.39. The van der Waals surface area contributed by atoms with Crippen LogP contribution in [0.1, 0.15) is 5.56 Å². The first-order chi connectivity index (χ1) is 8.74. The van der Waals surface area contributed by atoms with Gasteiger partial charge in [-0.15, -0.1) is 11.3 Å². The van der Waals surface area contributed by atoms with E-state index in [-0.39, 0.29) is 0 Å². The number of aryl methyl sites for hydroxylation is 1. The van der Waals surface area contributed by atoms with Crippen LogP contribution in [0.3, 0.4) is 0 Å². The summed E-state index contributed by atoms with van der Waals surface area (Å²) in [6.45, 7) is 2.08. The summed E-state index contributed by atoms with van der Waals surface area (Å²) in [6, 6.07) is 12.6. The van der Waals surface area contributed by atoms with Gasteiger partial charge in [-0.25, -0.2) is 4.98 Å². The molecule has 0 saturated carbocycles. The quantitative estimate of drug-likeness (QED) is 0.749. The fourth-order valence-corrected chi connectivity index (χ4v) is 3.53. The predicted molar refractivity (Wildman–Crippen MR) is 80.0 cm³/mol. The van der Waals surface area contributed by atoms with Gasteiger partial charge in [0, 0.05) is 10.4 Å². The van der Waals surface area contributed by atoms with Gasteiger partial charge in [-0.05, 0) is 18.4 Å². The summed E-state index contributed by atoms with van der Waals surface area (Å²) in [6.07, 6.45) is 0. The van der Waals surface area contributed by atoms with E-state index in [0.717, 1.165) is 16.1 Å². The number of hydrogen-bond donors (Lipinski definition) is 1. The van der Waals surface area contributed by atoms with Gasteiger partial charge in [-0.3, -0.25) is 0 Å². The lowest BCUT2D eigenvalue weighted by molar-refractivity contribution is 1.40. The van der Waals surface area contributed by atoms with E-state index in [0.29, 0.717) is 5.13 Å². The Balaban J connectivity index is 2.15. The van der Waals surface area contributed by atoms with Gasteiger partial charge in [0.1, 0.15) is 0 Å². The molecule has 3 rings (SSSR count). The van der Waals surface area contributed by atoms with Crippen LogP contribution in [0, 0.1) is 6.92 Å². The number of anilines is 1. The van der Waals surface area contributed by atoms with Gasteiger partial charge in [-0.2, -0.15) is 0 Å². The van der Waals surface area contributed by atoms with Gasteiger partial charge < -0.3 is 5.73 Å². The summed E-state index contributed by atoms with van der Waals surface area (Å²) in [5.41, 5.74) is 9.22. The minimum Gasteiger partial charge on any atom is -0.375 e. The zero-order valence-corrected chi connectivity index (χ0v) is 11.5. The van der Waals surface area contributed by atoms with E-state index in [1.165, 1.54) is 10.4 Å². The Hall–Kier alpha value is -1.65. The molecule has 2 nitrogen and oxygen atoms in total. The zero-order valence-electron chi connectivity index (χ0n) is 9.88. The standard InChI is InChI=1S/C14H12N2S2/c1-9-4-6-10(7-5-9)12-13(18-14(15)16-12)11-3-2-8-17-11/h2-8H,1H3,(H2,15,16). The number of thiophene rings is 1. The van der Waals surface area contributed by atoms with E-state index in [2.05, 4.69) is 53.7 Å². The van der Waals surface area contributed by atoms with Crippen LogP contribution >= 0.6 is 22.7 Å². The van der Waals surface area contributed by atoms with E-state index < -0.39 is 0 Å². The second-order valence-electron chi connectivity index (χ2n) is 4.07. The molecule has 0 bridgehead atoms. The fraction of sp³-hybridized carbons (Fsp3) is 0.0714. The Morgan fingerprint density at radius 1 is 1.11 bits per heavy atom. The lowest BCUT2D eigenvalue weighted by atomic mass is 10.1. The maximum atomic E-state index is 5.86. The van der Waals surface area contributed by atoms with Crippen molar-refractivity contribution >= 4 is 27.8 Å². The van der Waals surface area contributed by atoms with E-state index in [1.54, 1.807) is 22.7 Å². The monoisotopic (exact) mass is 272 g/mol. The van der Waals surface area contributed by atoms with Crippen LogP contribution in [0.25, 0.3) is 21.0 Å². The normalized spacial score (nSPS) is 10.7. The van der Waals surface area contributed by atoms with E-state index >= 15 is 0 Å². The number of nitrogens with zero attached hydrogens (tertiary/aromatic N) is 1. The average molecular weight is 272 g/mol. The van der Waals surface area contributed by atoms with Gasteiger partial charge in [-0.1, -0.05) is 47.2 Å². The molecule has 4 heteroatoms. The maximum Gasteiger partial charge on any atom is 0.181 e. The van der Waals surface area contributed by atoms with Crippen molar-refractivity contribution in [1.82, 2.24) is 4.98 Å². The van der Waals surface area contributed by atoms with Gasteiger partial charge in [0.05, 0.1) is 10.6 Å². The van der Waals surface area contributed by atoms with Gasteiger partial charge in [0.25, 0.3) is 0 Å². The lowest BCUT2D eigenvalue weighted by Crippen LogP contribution is -1.84. The molecule has 2 heterocycles. The molecule has 0 amide bonds. The Bertz CT molecular complexity index is 652. The summed E-state index contributed by atoms with van der Waals surface area (Å²) in [4.78, 5) is 6.85.